The number of nitrogens with zero attached hydrogens (tertiary/aromatic N) is 3. The lowest BCUT2D eigenvalue weighted by Gasteiger charge is -2.26. The molecule has 5 aromatic rings. The van der Waals surface area contributed by atoms with Gasteiger partial charge in [0.1, 0.15) is 5.69 Å². The smallest absolute Gasteiger partial charge is 0.352 e. The first kappa shape index (κ1) is 27.1. The molecule has 0 spiro atoms. The number of carbonyl (C=O) groups excluding carboxylic acids is 2. The van der Waals surface area contributed by atoms with Crippen LogP contribution in [0.2, 0.25) is 0 Å². The molecule has 0 bridgehead atoms. The third kappa shape index (κ3) is 4.96. The number of amides is 2. The molecule has 10 heteroatoms. The van der Waals surface area contributed by atoms with Crippen molar-refractivity contribution in [2.24, 2.45) is 7.05 Å². The predicted octanol–water partition coefficient (Wildman–Crippen LogP) is 4.86. The zero-order chi connectivity index (χ0) is 29.4. The van der Waals surface area contributed by atoms with Gasteiger partial charge in [-0.1, -0.05) is 37.5 Å². The average molecular weight is 566 g/mol. The monoisotopic (exact) mass is 565 g/mol. The Morgan fingerprint density at radius 1 is 0.905 bits per heavy atom. The number of rotatable bonds is 7. The summed E-state index contributed by atoms with van der Waals surface area (Å²) < 4.78 is 5.38. The molecule has 1 aliphatic rings. The lowest BCUT2D eigenvalue weighted by atomic mass is 9.95. The Balaban J connectivity index is 1.21. The summed E-state index contributed by atoms with van der Waals surface area (Å²) in [5, 5.41) is 15.8. The SMILES string of the molecule is Cn1c(C(=O)O)cc2cc(NC(=O)CNC(=O)c3ccc4c(c3)c(=O)n(-c3ccccc3)n4C3CCCCC3)ccc21. The highest BCUT2D eigenvalue weighted by molar-refractivity contribution is 6.02. The van der Waals surface area contributed by atoms with E-state index in [0.29, 0.717) is 22.0 Å². The number of fused-ring (bicyclic) bond motifs is 2. The van der Waals surface area contributed by atoms with E-state index in [2.05, 4.69) is 15.3 Å². The molecule has 1 saturated carbocycles. The number of hydrogen-bond donors (Lipinski definition) is 3. The second-order valence-corrected chi connectivity index (χ2v) is 10.7. The Labute approximate surface area is 241 Å². The molecule has 2 aromatic heterocycles. The Kier molecular flexibility index (Phi) is 7.12. The van der Waals surface area contributed by atoms with Gasteiger partial charge in [0.2, 0.25) is 5.91 Å². The summed E-state index contributed by atoms with van der Waals surface area (Å²) in [7, 11) is 1.67. The quantitative estimate of drug-likeness (QED) is 0.260. The summed E-state index contributed by atoms with van der Waals surface area (Å²) in [6, 6.07) is 21.5. The van der Waals surface area contributed by atoms with Gasteiger partial charge in [0.05, 0.1) is 29.2 Å². The van der Waals surface area contributed by atoms with E-state index in [1.165, 1.54) is 6.42 Å². The van der Waals surface area contributed by atoms with Crippen LogP contribution >= 0.6 is 0 Å². The summed E-state index contributed by atoms with van der Waals surface area (Å²) >= 11 is 0. The first-order chi connectivity index (χ1) is 20.3. The van der Waals surface area contributed by atoms with E-state index in [1.807, 2.05) is 36.4 Å². The average Bonchev–Trinajstić information content (AvgIpc) is 3.50. The fourth-order valence-electron chi connectivity index (χ4n) is 5.96. The van der Waals surface area contributed by atoms with Gasteiger partial charge in [-0.3, -0.25) is 19.1 Å². The first-order valence-electron chi connectivity index (χ1n) is 14.1. The van der Waals surface area contributed by atoms with Gasteiger partial charge in [-0.15, -0.1) is 0 Å². The van der Waals surface area contributed by atoms with Gasteiger partial charge in [0.25, 0.3) is 11.5 Å². The number of carboxylic acids is 1. The maximum Gasteiger partial charge on any atom is 0.352 e. The molecular weight excluding hydrogens is 534 g/mol. The van der Waals surface area contributed by atoms with Crippen molar-refractivity contribution in [3.05, 3.63) is 94.4 Å². The first-order valence-corrected chi connectivity index (χ1v) is 14.1. The van der Waals surface area contributed by atoms with E-state index >= 15 is 0 Å². The van der Waals surface area contributed by atoms with Crippen molar-refractivity contribution in [3.8, 4) is 5.69 Å². The van der Waals surface area contributed by atoms with Crippen LogP contribution in [0.1, 0.15) is 59.0 Å². The Morgan fingerprint density at radius 3 is 2.38 bits per heavy atom. The minimum atomic E-state index is -1.04. The molecule has 3 aromatic carbocycles. The standard InChI is InChI=1S/C32H31N5O5/c1-35-26-15-13-22(16-21(26)18-28(35)32(41)42)34-29(38)19-33-30(39)20-12-14-27-25(17-20)31(40)37(24-10-6-3-7-11-24)36(27)23-8-4-2-5-9-23/h3,6-7,10-18,23H,2,4-5,8-9,19H2,1H3,(H,33,39)(H,34,38)(H,41,42). The Bertz CT molecular complexity index is 1890. The van der Waals surface area contributed by atoms with E-state index in [9.17, 15) is 24.3 Å². The number of anilines is 1. The third-order valence-corrected chi connectivity index (χ3v) is 8.02. The highest BCUT2D eigenvalue weighted by Gasteiger charge is 2.24. The number of aromatic carboxylic acids is 1. The molecule has 0 saturated heterocycles. The van der Waals surface area contributed by atoms with Crippen LogP contribution < -0.4 is 16.2 Å². The fourth-order valence-corrected chi connectivity index (χ4v) is 5.96. The van der Waals surface area contributed by atoms with Crippen LogP contribution in [0.4, 0.5) is 5.69 Å². The largest absolute Gasteiger partial charge is 0.477 e. The van der Waals surface area contributed by atoms with Crippen LogP contribution in [0.25, 0.3) is 27.5 Å². The van der Waals surface area contributed by atoms with Gasteiger partial charge in [0, 0.05) is 29.2 Å². The highest BCUT2D eigenvalue weighted by atomic mass is 16.4. The van der Waals surface area contributed by atoms with Crippen molar-refractivity contribution in [2.45, 2.75) is 38.1 Å². The van der Waals surface area contributed by atoms with Crippen molar-refractivity contribution >= 4 is 45.3 Å². The summed E-state index contributed by atoms with van der Waals surface area (Å²) in [5.41, 5.74) is 3.01. The molecule has 2 heterocycles. The summed E-state index contributed by atoms with van der Waals surface area (Å²) in [4.78, 5) is 50.8. The third-order valence-electron chi connectivity index (χ3n) is 8.02. The molecule has 214 valence electrons. The molecule has 0 atom stereocenters. The van der Waals surface area contributed by atoms with Crippen molar-refractivity contribution in [3.63, 3.8) is 0 Å². The van der Waals surface area contributed by atoms with E-state index in [1.54, 1.807) is 52.7 Å². The molecule has 2 amide bonds. The van der Waals surface area contributed by atoms with E-state index in [0.717, 1.165) is 42.4 Å². The zero-order valence-electron chi connectivity index (χ0n) is 23.2. The normalized spacial score (nSPS) is 13.8. The molecule has 42 heavy (non-hydrogen) atoms. The van der Waals surface area contributed by atoms with Crippen molar-refractivity contribution in [1.82, 2.24) is 19.2 Å². The number of para-hydroxylation sites is 1. The molecule has 0 aliphatic heterocycles. The number of aryl methyl sites for hydroxylation is 1. The molecule has 1 fully saturated rings. The van der Waals surface area contributed by atoms with Crippen molar-refractivity contribution in [1.29, 1.82) is 0 Å². The van der Waals surface area contributed by atoms with E-state index in [-0.39, 0.29) is 23.8 Å². The minimum absolute atomic E-state index is 0.141. The Morgan fingerprint density at radius 2 is 1.64 bits per heavy atom. The second-order valence-electron chi connectivity index (χ2n) is 10.7. The fraction of sp³-hybridized carbons (Fsp3) is 0.250. The predicted molar refractivity (Wildman–Crippen MR) is 160 cm³/mol. The maximum atomic E-state index is 13.7. The van der Waals surface area contributed by atoms with Gasteiger partial charge < -0.3 is 20.3 Å². The molecule has 6 rings (SSSR count). The highest BCUT2D eigenvalue weighted by Crippen LogP contribution is 2.32. The number of nitrogens with one attached hydrogen (secondary N) is 2. The topological polar surface area (TPSA) is 127 Å². The van der Waals surface area contributed by atoms with Gasteiger partial charge in [-0.2, -0.15) is 0 Å². The molecule has 0 unspecified atom stereocenters. The summed E-state index contributed by atoms with van der Waals surface area (Å²) in [6.45, 7) is -0.276. The number of hydrogen-bond acceptors (Lipinski definition) is 4. The van der Waals surface area contributed by atoms with Crippen LogP contribution in [0.3, 0.4) is 0 Å². The van der Waals surface area contributed by atoms with Crippen molar-refractivity contribution < 1.29 is 19.5 Å². The number of carbonyl (C=O) groups is 3. The van der Waals surface area contributed by atoms with Gasteiger partial charge in [-0.05, 0) is 67.4 Å². The molecule has 10 nitrogen and oxygen atoms in total. The maximum absolute atomic E-state index is 13.7. The van der Waals surface area contributed by atoms with Gasteiger partial charge >= 0.3 is 5.97 Å². The van der Waals surface area contributed by atoms with Crippen LogP contribution in [0.15, 0.2) is 77.6 Å². The second kappa shape index (κ2) is 11.0. The van der Waals surface area contributed by atoms with Crippen LogP contribution in [-0.2, 0) is 11.8 Å². The minimum Gasteiger partial charge on any atom is -0.477 e. The number of benzene rings is 3. The molecule has 3 N–H and O–H groups in total. The lowest BCUT2D eigenvalue weighted by Crippen LogP contribution is -2.32. The van der Waals surface area contributed by atoms with Crippen LogP contribution in [0, 0.1) is 0 Å². The number of carboxylic acid groups (broad SMARTS) is 1. The Hall–Kier alpha value is -5.12. The van der Waals surface area contributed by atoms with E-state index in [4.69, 9.17) is 0 Å². The molecule has 0 radical (unpaired) electrons. The van der Waals surface area contributed by atoms with Crippen molar-refractivity contribution in [2.75, 3.05) is 11.9 Å². The summed E-state index contributed by atoms with van der Waals surface area (Å²) in [6.07, 6.45) is 5.39. The zero-order valence-corrected chi connectivity index (χ0v) is 23.2. The molecular formula is C32H31N5O5. The lowest BCUT2D eigenvalue weighted by molar-refractivity contribution is -0.115. The van der Waals surface area contributed by atoms with Crippen LogP contribution in [-0.4, -0.2) is 43.4 Å². The summed E-state index contributed by atoms with van der Waals surface area (Å²) in [5.74, 6) is -1.94. The van der Waals surface area contributed by atoms with E-state index < -0.39 is 17.8 Å². The van der Waals surface area contributed by atoms with Gasteiger partial charge in [-0.25, -0.2) is 9.48 Å². The number of aromatic nitrogens is 3. The van der Waals surface area contributed by atoms with Gasteiger partial charge in [0.15, 0.2) is 0 Å². The molecule has 1 aliphatic carbocycles. The van der Waals surface area contributed by atoms with Crippen LogP contribution in [0.5, 0.6) is 0 Å².